The van der Waals surface area contributed by atoms with Crippen LogP contribution in [0.4, 0.5) is 0 Å². The van der Waals surface area contributed by atoms with Crippen molar-refractivity contribution < 1.29 is 9.53 Å². The van der Waals surface area contributed by atoms with Gasteiger partial charge in [0.05, 0.1) is 12.7 Å². The highest BCUT2D eigenvalue weighted by Gasteiger charge is 2.34. The number of methoxy groups -OCH3 is 1. The lowest BCUT2D eigenvalue weighted by atomic mass is 9.67. The number of rotatable bonds is 6. The van der Waals surface area contributed by atoms with Gasteiger partial charge in [0.15, 0.2) is 0 Å². The van der Waals surface area contributed by atoms with Crippen molar-refractivity contribution in [3.8, 4) is 0 Å². The molecule has 1 saturated carbocycles. The summed E-state index contributed by atoms with van der Waals surface area (Å²) in [7, 11) is 1.40. The molecule has 0 aromatic heterocycles. The van der Waals surface area contributed by atoms with Crippen LogP contribution in [0.25, 0.3) is 0 Å². The Balaban J connectivity index is 1.91. The molecule has 1 fully saturated rings. The Kier molecular flexibility index (Phi) is 5.22. The SMILES string of the molecule is CCC1(CNCc2ccc(C(=O)OC)cc2Br)CCC1. The van der Waals surface area contributed by atoms with Gasteiger partial charge in [-0.15, -0.1) is 0 Å². The first-order valence-corrected chi connectivity index (χ1v) is 7.97. The third-order valence-corrected chi connectivity index (χ3v) is 5.19. The molecule has 1 aromatic carbocycles. The molecule has 0 radical (unpaired) electrons. The van der Waals surface area contributed by atoms with Gasteiger partial charge in [-0.25, -0.2) is 4.79 Å². The van der Waals surface area contributed by atoms with Gasteiger partial charge >= 0.3 is 5.97 Å². The standard InChI is InChI=1S/C16H22BrNO2/c1-3-16(7-4-8-16)11-18-10-13-6-5-12(9-14(13)17)15(19)20-2/h5-6,9,18H,3-4,7-8,10-11H2,1-2H3. The lowest BCUT2D eigenvalue weighted by molar-refractivity contribution is 0.0600. The van der Waals surface area contributed by atoms with Crippen LogP contribution in [0.15, 0.2) is 22.7 Å². The van der Waals surface area contributed by atoms with Gasteiger partial charge in [-0.3, -0.25) is 0 Å². The Bertz CT molecular complexity index is 478. The van der Waals surface area contributed by atoms with Gasteiger partial charge in [0.2, 0.25) is 0 Å². The van der Waals surface area contributed by atoms with Gasteiger partial charge in [0.1, 0.15) is 0 Å². The lowest BCUT2D eigenvalue weighted by Gasteiger charge is -2.41. The van der Waals surface area contributed by atoms with Crippen LogP contribution in [0.2, 0.25) is 0 Å². The van der Waals surface area contributed by atoms with Crippen molar-refractivity contribution in [2.75, 3.05) is 13.7 Å². The molecule has 0 amide bonds. The Morgan fingerprint density at radius 3 is 2.70 bits per heavy atom. The number of halogens is 1. The number of hydrogen-bond acceptors (Lipinski definition) is 3. The number of nitrogens with one attached hydrogen (secondary N) is 1. The van der Waals surface area contributed by atoms with E-state index in [1.807, 2.05) is 18.2 Å². The maximum Gasteiger partial charge on any atom is 0.337 e. The van der Waals surface area contributed by atoms with E-state index in [0.717, 1.165) is 17.6 Å². The highest BCUT2D eigenvalue weighted by Crippen LogP contribution is 2.43. The molecule has 2 rings (SSSR count). The lowest BCUT2D eigenvalue weighted by Crippen LogP contribution is -2.39. The van der Waals surface area contributed by atoms with E-state index in [1.54, 1.807) is 0 Å². The summed E-state index contributed by atoms with van der Waals surface area (Å²) in [6.07, 6.45) is 5.31. The van der Waals surface area contributed by atoms with Gasteiger partial charge in [-0.1, -0.05) is 35.3 Å². The second-order valence-electron chi connectivity index (χ2n) is 5.61. The predicted molar refractivity (Wildman–Crippen MR) is 83.8 cm³/mol. The zero-order valence-corrected chi connectivity index (χ0v) is 13.8. The maximum atomic E-state index is 11.4. The molecule has 0 spiro atoms. The third-order valence-electron chi connectivity index (χ3n) is 4.45. The van der Waals surface area contributed by atoms with Crippen LogP contribution in [-0.4, -0.2) is 19.6 Å². The normalized spacial score (nSPS) is 16.6. The molecule has 0 aliphatic heterocycles. The summed E-state index contributed by atoms with van der Waals surface area (Å²) < 4.78 is 5.67. The minimum absolute atomic E-state index is 0.301. The molecular formula is C16H22BrNO2. The van der Waals surface area contributed by atoms with E-state index in [2.05, 4.69) is 28.2 Å². The highest BCUT2D eigenvalue weighted by molar-refractivity contribution is 9.10. The van der Waals surface area contributed by atoms with Gasteiger partial charge in [0.25, 0.3) is 0 Å². The van der Waals surface area contributed by atoms with E-state index < -0.39 is 0 Å². The molecule has 110 valence electrons. The van der Waals surface area contributed by atoms with Crippen molar-refractivity contribution in [2.24, 2.45) is 5.41 Å². The number of carbonyl (C=O) groups is 1. The minimum atomic E-state index is -0.301. The van der Waals surface area contributed by atoms with Crippen molar-refractivity contribution in [3.63, 3.8) is 0 Å². The Morgan fingerprint density at radius 2 is 2.20 bits per heavy atom. The average Bonchev–Trinajstić information content (AvgIpc) is 2.42. The van der Waals surface area contributed by atoms with E-state index >= 15 is 0 Å². The molecule has 20 heavy (non-hydrogen) atoms. The quantitative estimate of drug-likeness (QED) is 0.798. The van der Waals surface area contributed by atoms with Gasteiger partial charge < -0.3 is 10.1 Å². The largest absolute Gasteiger partial charge is 0.465 e. The number of esters is 1. The molecule has 0 heterocycles. The van der Waals surface area contributed by atoms with Crippen LogP contribution < -0.4 is 5.32 Å². The predicted octanol–water partition coefficient (Wildman–Crippen LogP) is 3.91. The average molecular weight is 340 g/mol. The fourth-order valence-corrected chi connectivity index (χ4v) is 3.25. The van der Waals surface area contributed by atoms with Gasteiger partial charge in [-0.05, 0) is 42.4 Å². The summed E-state index contributed by atoms with van der Waals surface area (Å²) in [6, 6.07) is 5.61. The molecule has 1 aliphatic rings. The number of hydrogen-bond donors (Lipinski definition) is 1. The second kappa shape index (κ2) is 6.72. The van der Waals surface area contributed by atoms with Crippen molar-refractivity contribution in [1.82, 2.24) is 5.32 Å². The van der Waals surface area contributed by atoms with Crippen LogP contribution in [0.5, 0.6) is 0 Å². The summed E-state index contributed by atoms with van der Waals surface area (Å²) >= 11 is 3.53. The van der Waals surface area contributed by atoms with E-state index in [-0.39, 0.29) is 5.97 Å². The van der Waals surface area contributed by atoms with Crippen molar-refractivity contribution in [3.05, 3.63) is 33.8 Å². The molecule has 0 atom stereocenters. The monoisotopic (exact) mass is 339 g/mol. The molecular weight excluding hydrogens is 318 g/mol. The maximum absolute atomic E-state index is 11.4. The Morgan fingerprint density at radius 1 is 1.45 bits per heavy atom. The molecule has 0 bridgehead atoms. The van der Waals surface area contributed by atoms with Crippen LogP contribution in [0.1, 0.15) is 48.5 Å². The molecule has 1 aromatic rings. The number of benzene rings is 1. The molecule has 4 heteroatoms. The number of carbonyl (C=O) groups excluding carboxylic acids is 1. The summed E-state index contributed by atoms with van der Waals surface area (Å²) in [5, 5.41) is 3.55. The first-order valence-electron chi connectivity index (χ1n) is 7.18. The second-order valence-corrected chi connectivity index (χ2v) is 6.46. The van der Waals surface area contributed by atoms with Crippen LogP contribution in [0.3, 0.4) is 0 Å². The first-order chi connectivity index (χ1) is 9.60. The fraction of sp³-hybridized carbons (Fsp3) is 0.562. The molecule has 0 unspecified atom stereocenters. The number of ether oxygens (including phenoxy) is 1. The Labute approximate surface area is 129 Å². The zero-order valence-electron chi connectivity index (χ0n) is 12.2. The summed E-state index contributed by atoms with van der Waals surface area (Å²) in [5.41, 5.74) is 2.27. The minimum Gasteiger partial charge on any atom is -0.465 e. The third kappa shape index (κ3) is 3.41. The van der Waals surface area contributed by atoms with Crippen LogP contribution >= 0.6 is 15.9 Å². The molecule has 1 aliphatic carbocycles. The molecule has 1 N–H and O–H groups in total. The first kappa shape index (κ1) is 15.5. The summed E-state index contributed by atoms with van der Waals surface area (Å²) in [5.74, 6) is -0.301. The van der Waals surface area contributed by atoms with Gasteiger partial charge in [-0.2, -0.15) is 0 Å². The molecule has 0 saturated heterocycles. The van der Waals surface area contributed by atoms with Crippen LogP contribution in [0, 0.1) is 5.41 Å². The Hall–Kier alpha value is -0.870. The van der Waals surface area contributed by atoms with E-state index in [4.69, 9.17) is 4.74 Å². The van der Waals surface area contributed by atoms with E-state index in [1.165, 1.54) is 38.4 Å². The van der Waals surface area contributed by atoms with E-state index in [9.17, 15) is 4.79 Å². The van der Waals surface area contributed by atoms with E-state index in [0.29, 0.717) is 11.0 Å². The van der Waals surface area contributed by atoms with Crippen molar-refractivity contribution in [1.29, 1.82) is 0 Å². The van der Waals surface area contributed by atoms with Crippen molar-refractivity contribution in [2.45, 2.75) is 39.2 Å². The zero-order chi connectivity index (χ0) is 14.6. The summed E-state index contributed by atoms with van der Waals surface area (Å²) in [6.45, 7) is 4.18. The fourth-order valence-electron chi connectivity index (χ4n) is 2.73. The van der Waals surface area contributed by atoms with Crippen molar-refractivity contribution >= 4 is 21.9 Å². The van der Waals surface area contributed by atoms with Gasteiger partial charge in [0, 0.05) is 17.6 Å². The summed E-state index contributed by atoms with van der Waals surface area (Å²) in [4.78, 5) is 11.4. The topological polar surface area (TPSA) is 38.3 Å². The smallest absolute Gasteiger partial charge is 0.337 e. The highest BCUT2D eigenvalue weighted by atomic mass is 79.9. The molecule has 3 nitrogen and oxygen atoms in total. The van der Waals surface area contributed by atoms with Crippen LogP contribution in [-0.2, 0) is 11.3 Å².